The van der Waals surface area contributed by atoms with Crippen molar-refractivity contribution in [2.45, 2.75) is 18.9 Å². The highest BCUT2D eigenvalue weighted by molar-refractivity contribution is 5.48. The standard InChI is InChI=1S/C17H19NO4/c1-22-17-8-11-4-5-18-13(12(11)9-16(17)21)6-10-2-3-14(19)15(20)7-10/h2-3,7-9,13,18-21H,4-6H2,1H3/p+1/t13-/m1/s1. The van der Waals surface area contributed by atoms with E-state index in [0.717, 1.165) is 24.1 Å². The van der Waals surface area contributed by atoms with Gasteiger partial charge < -0.3 is 25.4 Å². The third-order valence-corrected chi connectivity index (χ3v) is 4.20. The molecule has 3 rings (SSSR count). The Kier molecular flexibility index (Phi) is 3.81. The molecule has 0 saturated heterocycles. The normalized spacial score (nSPS) is 17.0. The van der Waals surface area contributed by atoms with Gasteiger partial charge in [0.1, 0.15) is 6.04 Å². The molecule has 1 aliphatic heterocycles. The van der Waals surface area contributed by atoms with Crippen LogP contribution in [0, 0.1) is 0 Å². The molecule has 116 valence electrons. The van der Waals surface area contributed by atoms with E-state index in [-0.39, 0.29) is 23.3 Å². The van der Waals surface area contributed by atoms with Crippen LogP contribution in [0.15, 0.2) is 30.3 Å². The van der Waals surface area contributed by atoms with Gasteiger partial charge in [-0.15, -0.1) is 0 Å². The first-order chi connectivity index (χ1) is 10.6. The van der Waals surface area contributed by atoms with E-state index in [2.05, 4.69) is 5.32 Å². The topological polar surface area (TPSA) is 86.5 Å². The Hall–Kier alpha value is -2.40. The maximum absolute atomic E-state index is 10.0. The van der Waals surface area contributed by atoms with Gasteiger partial charge in [0, 0.05) is 18.4 Å². The van der Waals surface area contributed by atoms with Gasteiger partial charge in [0.05, 0.1) is 13.7 Å². The largest absolute Gasteiger partial charge is 0.504 e. The number of aromatic hydroxyl groups is 3. The molecule has 0 aromatic heterocycles. The van der Waals surface area contributed by atoms with Gasteiger partial charge in [0.15, 0.2) is 23.0 Å². The van der Waals surface area contributed by atoms with Gasteiger partial charge in [-0.1, -0.05) is 6.07 Å². The number of phenolic OH excluding ortho intramolecular Hbond substituents is 3. The van der Waals surface area contributed by atoms with Crippen molar-refractivity contribution < 1.29 is 25.4 Å². The zero-order chi connectivity index (χ0) is 15.7. The summed E-state index contributed by atoms with van der Waals surface area (Å²) >= 11 is 0. The van der Waals surface area contributed by atoms with Crippen LogP contribution in [0.4, 0.5) is 0 Å². The molecule has 0 aliphatic carbocycles. The van der Waals surface area contributed by atoms with Crippen LogP contribution in [0.3, 0.4) is 0 Å². The maximum Gasteiger partial charge on any atom is 0.160 e. The average molecular weight is 302 g/mol. The lowest BCUT2D eigenvalue weighted by atomic mass is 9.90. The minimum atomic E-state index is -0.112. The molecule has 1 atom stereocenters. The average Bonchev–Trinajstić information content (AvgIpc) is 2.51. The lowest BCUT2D eigenvalue weighted by Gasteiger charge is -2.25. The number of nitrogens with two attached hydrogens (primary N) is 1. The van der Waals surface area contributed by atoms with Crippen LogP contribution in [-0.2, 0) is 12.8 Å². The van der Waals surface area contributed by atoms with Crippen molar-refractivity contribution in [3.05, 3.63) is 47.0 Å². The molecular formula is C17H20NO4+. The summed E-state index contributed by atoms with van der Waals surface area (Å²) < 4.78 is 5.17. The third kappa shape index (κ3) is 2.67. The summed E-state index contributed by atoms with van der Waals surface area (Å²) in [6.07, 6.45) is 1.65. The van der Waals surface area contributed by atoms with Crippen molar-refractivity contribution >= 4 is 0 Å². The van der Waals surface area contributed by atoms with Crippen LogP contribution in [0.1, 0.15) is 22.7 Å². The van der Waals surface area contributed by atoms with Crippen LogP contribution in [0.5, 0.6) is 23.0 Å². The van der Waals surface area contributed by atoms with E-state index in [9.17, 15) is 15.3 Å². The molecule has 5 nitrogen and oxygen atoms in total. The van der Waals surface area contributed by atoms with Gasteiger partial charge in [-0.25, -0.2) is 0 Å². The molecule has 0 spiro atoms. The molecule has 5 heteroatoms. The van der Waals surface area contributed by atoms with Crippen molar-refractivity contribution in [3.63, 3.8) is 0 Å². The molecule has 0 saturated carbocycles. The van der Waals surface area contributed by atoms with E-state index in [1.807, 2.05) is 6.07 Å². The van der Waals surface area contributed by atoms with Crippen molar-refractivity contribution in [1.82, 2.24) is 0 Å². The molecular weight excluding hydrogens is 282 g/mol. The summed E-state index contributed by atoms with van der Waals surface area (Å²) in [5, 5.41) is 31.3. The first kappa shape index (κ1) is 14.5. The summed E-state index contributed by atoms with van der Waals surface area (Å²) in [6, 6.07) is 8.74. The number of hydrogen-bond acceptors (Lipinski definition) is 4. The molecule has 1 aliphatic rings. The van der Waals surface area contributed by atoms with Gasteiger partial charge >= 0.3 is 0 Å². The SMILES string of the molecule is COc1cc2c(cc1O)[C@@H](Cc1ccc(O)c(O)c1)[NH2+]CC2. The second kappa shape index (κ2) is 5.77. The van der Waals surface area contributed by atoms with Crippen LogP contribution in [0.25, 0.3) is 0 Å². The number of ether oxygens (including phenoxy) is 1. The Bertz CT molecular complexity index is 699. The number of quaternary nitrogens is 1. The number of benzene rings is 2. The monoisotopic (exact) mass is 302 g/mol. The molecule has 0 unspecified atom stereocenters. The van der Waals surface area contributed by atoms with Crippen LogP contribution in [0.2, 0.25) is 0 Å². The quantitative estimate of drug-likeness (QED) is 0.642. The lowest BCUT2D eigenvalue weighted by Crippen LogP contribution is -2.87. The minimum Gasteiger partial charge on any atom is -0.504 e. The van der Waals surface area contributed by atoms with E-state index < -0.39 is 0 Å². The second-order valence-electron chi connectivity index (χ2n) is 5.63. The molecule has 0 amide bonds. The van der Waals surface area contributed by atoms with Gasteiger partial charge in [0.25, 0.3) is 0 Å². The number of methoxy groups -OCH3 is 1. The van der Waals surface area contributed by atoms with E-state index >= 15 is 0 Å². The zero-order valence-electron chi connectivity index (χ0n) is 12.4. The Morgan fingerprint density at radius 1 is 1.09 bits per heavy atom. The van der Waals surface area contributed by atoms with Crippen molar-refractivity contribution in [3.8, 4) is 23.0 Å². The molecule has 5 N–H and O–H groups in total. The second-order valence-corrected chi connectivity index (χ2v) is 5.63. The number of rotatable bonds is 3. The molecule has 22 heavy (non-hydrogen) atoms. The molecule has 2 aromatic rings. The zero-order valence-corrected chi connectivity index (χ0v) is 12.4. The third-order valence-electron chi connectivity index (χ3n) is 4.20. The molecule has 0 bridgehead atoms. The molecule has 0 radical (unpaired) electrons. The fraction of sp³-hybridized carbons (Fsp3) is 0.294. The Morgan fingerprint density at radius 3 is 2.64 bits per heavy atom. The molecule has 0 fully saturated rings. The molecule has 1 heterocycles. The van der Waals surface area contributed by atoms with E-state index in [4.69, 9.17) is 4.74 Å². The first-order valence-corrected chi connectivity index (χ1v) is 7.32. The number of fused-ring (bicyclic) bond motifs is 1. The highest BCUT2D eigenvalue weighted by Crippen LogP contribution is 2.34. The fourth-order valence-corrected chi connectivity index (χ4v) is 3.06. The predicted octanol–water partition coefficient (Wildman–Crippen LogP) is 1.22. The summed E-state index contributed by atoms with van der Waals surface area (Å²) in [4.78, 5) is 0. The summed E-state index contributed by atoms with van der Waals surface area (Å²) in [5.41, 5.74) is 3.22. The smallest absolute Gasteiger partial charge is 0.160 e. The molecule has 2 aromatic carbocycles. The predicted molar refractivity (Wildman–Crippen MR) is 81.4 cm³/mol. The Balaban J connectivity index is 1.91. The van der Waals surface area contributed by atoms with Crippen LogP contribution < -0.4 is 10.1 Å². The van der Waals surface area contributed by atoms with Gasteiger partial charge in [-0.2, -0.15) is 0 Å². The Morgan fingerprint density at radius 2 is 1.91 bits per heavy atom. The van der Waals surface area contributed by atoms with Crippen LogP contribution in [-0.4, -0.2) is 29.0 Å². The van der Waals surface area contributed by atoms with Crippen molar-refractivity contribution in [2.24, 2.45) is 0 Å². The Labute approximate surface area is 128 Å². The van der Waals surface area contributed by atoms with E-state index in [1.54, 1.807) is 25.3 Å². The number of phenols is 3. The fourth-order valence-electron chi connectivity index (χ4n) is 3.06. The van der Waals surface area contributed by atoms with E-state index in [0.29, 0.717) is 12.2 Å². The maximum atomic E-state index is 10.0. The summed E-state index contributed by atoms with van der Waals surface area (Å²) in [7, 11) is 1.55. The number of hydrogen-bond donors (Lipinski definition) is 4. The minimum absolute atomic E-state index is 0.105. The van der Waals surface area contributed by atoms with E-state index in [1.165, 1.54) is 11.6 Å². The lowest BCUT2D eigenvalue weighted by molar-refractivity contribution is -0.698. The highest BCUT2D eigenvalue weighted by Gasteiger charge is 2.25. The van der Waals surface area contributed by atoms with Gasteiger partial charge in [0.2, 0.25) is 0 Å². The van der Waals surface area contributed by atoms with Gasteiger partial charge in [-0.3, -0.25) is 0 Å². The highest BCUT2D eigenvalue weighted by atomic mass is 16.5. The van der Waals surface area contributed by atoms with Gasteiger partial charge in [-0.05, 0) is 35.4 Å². The first-order valence-electron chi connectivity index (χ1n) is 7.32. The van der Waals surface area contributed by atoms with Crippen molar-refractivity contribution in [2.75, 3.05) is 13.7 Å². The summed E-state index contributed by atoms with van der Waals surface area (Å²) in [5.74, 6) is 0.432. The van der Waals surface area contributed by atoms with Crippen LogP contribution >= 0.6 is 0 Å². The summed E-state index contributed by atoms with van der Waals surface area (Å²) in [6.45, 7) is 0.968. The van der Waals surface area contributed by atoms with Crippen molar-refractivity contribution in [1.29, 1.82) is 0 Å².